The van der Waals surface area contributed by atoms with Gasteiger partial charge in [0, 0.05) is 47.8 Å². The zero-order valence-electron chi connectivity index (χ0n) is 52.8. The summed E-state index contributed by atoms with van der Waals surface area (Å²) in [5.41, 5.74) is 4.94. The second-order valence-corrected chi connectivity index (χ2v) is 31.7. The van der Waals surface area contributed by atoms with E-state index in [9.17, 15) is 0 Å². The summed E-state index contributed by atoms with van der Waals surface area (Å²) >= 11 is 0. The SMILES string of the molecule is CC.CC(C)(C)C1=CC2CCC(C1)C2.CC(C)(C)C1=NC2CCCC2C1.CC(C)(C)C1=NCC2CCCCN12.CC(C)(C)C1=NCC2CCCN12.CC(C)(C)C1CC2CCN1CC2.CC(C)C1CC2CCC(C2)C1. The van der Waals surface area contributed by atoms with Gasteiger partial charge in [0.2, 0.25) is 0 Å². The molecule has 8 aliphatic heterocycles. The van der Waals surface area contributed by atoms with Crippen molar-refractivity contribution in [1.29, 1.82) is 0 Å². The van der Waals surface area contributed by atoms with Crippen molar-refractivity contribution < 1.29 is 0 Å². The molecule has 0 spiro atoms. The molecule has 9 fully saturated rings. The lowest BCUT2D eigenvalue weighted by atomic mass is 9.73. The molecule has 9 unspecified atom stereocenters. The molecule has 8 heterocycles. The number of nitrogens with zero attached hydrogens (tertiary/aromatic N) is 6. The maximum absolute atomic E-state index is 4.84. The molecule has 6 bridgehead atoms. The van der Waals surface area contributed by atoms with Gasteiger partial charge in [0.25, 0.3) is 0 Å². The predicted molar refractivity (Wildman–Crippen MR) is 325 cm³/mol. The second kappa shape index (κ2) is 26.1. The van der Waals surface area contributed by atoms with Crippen LogP contribution >= 0.6 is 0 Å². The standard InChI is InChI=1S/C12H20.C11H20N2.C11H21N.C11H19N.C11H20.C10H18N2.C2H6/c1-12(2,3)11-7-9-4-5-10(6-9)8-11;1-11(2,3)10-12-8-9-6-4-5-7-13(9)10;1-11(2,3)10-8-9-4-6-12(10)7-5-9;1-11(2,3)10-7-8-5-4-6-9(8)12-10;1-8(2)11-6-9-3-4-10(5-9)7-11;1-10(2,3)9-11-7-8-5-4-6-12(8)9;1-2/h7,9-10H,4-6,8H2,1-3H3;9H,4-8H2,1-3H3;9-10H,4-8H2,1-3H3;8-9H,4-7H2,1-3H3;8-11H,3-7H2,1-2H3;8H,4-7H2,1-3H3;1-2H3. The molecule has 6 heteroatoms. The van der Waals surface area contributed by atoms with Crippen LogP contribution < -0.4 is 0 Å². The van der Waals surface area contributed by atoms with Gasteiger partial charge in [0.15, 0.2) is 0 Å². The fourth-order valence-electron chi connectivity index (χ4n) is 15.7. The molecule has 4 saturated carbocycles. The van der Waals surface area contributed by atoms with E-state index < -0.39 is 0 Å². The maximum atomic E-state index is 4.84. The van der Waals surface area contributed by atoms with Crippen LogP contribution in [0.4, 0.5) is 0 Å². The largest absolute Gasteiger partial charge is 0.355 e. The molecular weight excluding hydrogens is 901 g/mol. The summed E-state index contributed by atoms with van der Waals surface area (Å²) in [5.74, 6) is 10.9. The minimum atomic E-state index is 0.242. The van der Waals surface area contributed by atoms with Crippen molar-refractivity contribution in [3.63, 3.8) is 0 Å². The lowest BCUT2D eigenvalue weighted by Gasteiger charge is -2.50. The third-order valence-corrected chi connectivity index (χ3v) is 20.1. The van der Waals surface area contributed by atoms with Crippen LogP contribution in [0, 0.1) is 74.4 Å². The Bertz CT molecular complexity index is 1830. The smallest absolute Gasteiger partial charge is 0.105 e. The third kappa shape index (κ3) is 16.9. The Morgan fingerprint density at radius 1 is 0.486 bits per heavy atom. The van der Waals surface area contributed by atoms with Crippen LogP contribution in [0.5, 0.6) is 0 Å². The summed E-state index contributed by atoms with van der Waals surface area (Å²) in [6, 6.07) is 3.06. The molecule has 74 heavy (non-hydrogen) atoms. The number of hydrogen-bond acceptors (Lipinski definition) is 6. The minimum Gasteiger partial charge on any atom is -0.355 e. The average Bonchev–Trinajstić information content (AvgIpc) is 4.20. The van der Waals surface area contributed by atoms with E-state index in [1.165, 1.54) is 146 Å². The first-order valence-electron chi connectivity index (χ1n) is 32.3. The number of fused-ring (bicyclic) bond motifs is 10. The van der Waals surface area contributed by atoms with E-state index in [1.54, 1.807) is 37.7 Å². The van der Waals surface area contributed by atoms with Gasteiger partial charge in [-0.2, -0.15) is 0 Å². The highest BCUT2D eigenvalue weighted by molar-refractivity contribution is 5.91. The molecule has 0 radical (unpaired) electrons. The molecule has 6 nitrogen and oxygen atoms in total. The van der Waals surface area contributed by atoms with Gasteiger partial charge in [-0.25, -0.2) is 0 Å². The molecule has 13 rings (SSSR count). The number of allylic oxidation sites excluding steroid dienone is 2. The molecule has 0 aromatic rings. The first-order chi connectivity index (χ1) is 34.6. The Kier molecular flexibility index (Phi) is 21.7. The van der Waals surface area contributed by atoms with Crippen molar-refractivity contribution in [3.8, 4) is 0 Å². The van der Waals surface area contributed by atoms with E-state index >= 15 is 0 Å². The maximum Gasteiger partial charge on any atom is 0.105 e. The van der Waals surface area contributed by atoms with Gasteiger partial charge in [-0.15, -0.1) is 0 Å². The Hall–Kier alpha value is -1.69. The molecule has 0 N–H and O–H groups in total. The number of piperidine rings is 4. The van der Waals surface area contributed by atoms with Gasteiger partial charge in [0.05, 0.1) is 19.1 Å². The first kappa shape index (κ1) is 61.5. The molecule has 5 saturated heterocycles. The number of hydrogen-bond donors (Lipinski definition) is 0. The van der Waals surface area contributed by atoms with Gasteiger partial charge in [-0.3, -0.25) is 19.9 Å². The minimum absolute atomic E-state index is 0.242. The van der Waals surface area contributed by atoms with Crippen LogP contribution in [0.25, 0.3) is 0 Å². The molecule has 0 amide bonds. The number of amidine groups is 2. The highest BCUT2D eigenvalue weighted by atomic mass is 15.3. The van der Waals surface area contributed by atoms with E-state index in [2.05, 4.69) is 143 Å². The summed E-state index contributed by atoms with van der Waals surface area (Å²) in [7, 11) is 0. The summed E-state index contributed by atoms with van der Waals surface area (Å²) in [6.45, 7) is 50.7. The molecular formula is C68H124N6. The average molecular weight is 1030 g/mol. The van der Waals surface area contributed by atoms with E-state index in [1.807, 2.05) is 13.8 Å². The third-order valence-electron chi connectivity index (χ3n) is 20.1. The van der Waals surface area contributed by atoms with Gasteiger partial charge >= 0.3 is 0 Å². The number of rotatable bonds is 1. The van der Waals surface area contributed by atoms with Crippen molar-refractivity contribution in [2.75, 3.05) is 39.3 Å². The number of aliphatic imine (C=N–C) groups is 3. The van der Waals surface area contributed by atoms with Crippen molar-refractivity contribution in [2.24, 2.45) is 89.4 Å². The van der Waals surface area contributed by atoms with E-state index in [4.69, 9.17) is 9.98 Å². The Labute approximate surface area is 460 Å². The Morgan fingerprint density at radius 2 is 1.04 bits per heavy atom. The predicted octanol–water partition coefficient (Wildman–Crippen LogP) is 18.0. The van der Waals surface area contributed by atoms with Crippen molar-refractivity contribution >= 4 is 17.4 Å². The van der Waals surface area contributed by atoms with E-state index in [0.717, 1.165) is 78.6 Å². The first-order valence-corrected chi connectivity index (χ1v) is 32.3. The molecule has 0 aromatic carbocycles. The van der Waals surface area contributed by atoms with Crippen LogP contribution in [0.2, 0.25) is 0 Å². The van der Waals surface area contributed by atoms with Crippen molar-refractivity contribution in [2.45, 2.75) is 291 Å². The normalized spacial score (nSPS) is 34.4. The molecule has 426 valence electrons. The van der Waals surface area contributed by atoms with Crippen LogP contribution in [-0.4, -0.2) is 95.5 Å². The topological polar surface area (TPSA) is 46.8 Å². The van der Waals surface area contributed by atoms with Gasteiger partial charge in [0.1, 0.15) is 11.7 Å². The zero-order chi connectivity index (χ0) is 54.4. The van der Waals surface area contributed by atoms with Crippen LogP contribution in [0.15, 0.2) is 26.6 Å². The monoisotopic (exact) mass is 1020 g/mol. The van der Waals surface area contributed by atoms with Crippen LogP contribution in [0.1, 0.15) is 266 Å². The lowest BCUT2D eigenvalue weighted by molar-refractivity contribution is -0.00701. The van der Waals surface area contributed by atoms with Gasteiger partial charge < -0.3 is 9.80 Å². The van der Waals surface area contributed by atoms with Crippen LogP contribution in [-0.2, 0) is 0 Å². The summed E-state index contributed by atoms with van der Waals surface area (Å²) in [4.78, 5) is 21.9. The summed E-state index contributed by atoms with van der Waals surface area (Å²) in [5, 5.41) is 0. The van der Waals surface area contributed by atoms with Gasteiger partial charge in [-0.1, -0.05) is 162 Å². The Morgan fingerprint density at radius 3 is 1.50 bits per heavy atom. The molecule has 5 aliphatic carbocycles. The highest BCUT2D eigenvalue weighted by Gasteiger charge is 2.41. The molecule has 0 aromatic heterocycles. The Balaban J connectivity index is 0.000000144. The van der Waals surface area contributed by atoms with E-state index in [0.29, 0.717) is 22.3 Å². The zero-order valence-corrected chi connectivity index (χ0v) is 52.8. The quantitative estimate of drug-likeness (QED) is 0.246. The van der Waals surface area contributed by atoms with Gasteiger partial charge in [-0.05, 0) is 192 Å². The summed E-state index contributed by atoms with van der Waals surface area (Å²) in [6.07, 6.45) is 32.8. The van der Waals surface area contributed by atoms with Crippen LogP contribution in [0.3, 0.4) is 0 Å². The van der Waals surface area contributed by atoms with E-state index in [-0.39, 0.29) is 10.8 Å². The lowest BCUT2D eigenvalue weighted by Crippen LogP contribution is -2.53. The van der Waals surface area contributed by atoms with Crippen molar-refractivity contribution in [3.05, 3.63) is 11.6 Å². The fourth-order valence-corrected chi connectivity index (χ4v) is 15.7. The summed E-state index contributed by atoms with van der Waals surface area (Å²) < 4.78 is 0. The fraction of sp³-hybridized carbons (Fsp3) is 0.926. The second-order valence-electron chi connectivity index (χ2n) is 31.7. The molecule has 9 atom stereocenters. The van der Waals surface area contributed by atoms with Crippen molar-refractivity contribution in [1.82, 2.24) is 14.7 Å². The molecule has 13 aliphatic rings. The highest BCUT2D eigenvalue weighted by Crippen LogP contribution is 2.48.